The number of carbonyl (C=O) groups is 1. The van der Waals surface area contributed by atoms with Gasteiger partial charge in [-0.1, -0.05) is 12.8 Å². The Hall–Kier alpha value is -0.610. The van der Waals surface area contributed by atoms with Crippen molar-refractivity contribution in [1.29, 1.82) is 0 Å². The normalized spacial score (nSPS) is 26.9. The van der Waals surface area contributed by atoms with Crippen LogP contribution in [0.4, 0.5) is 0 Å². The van der Waals surface area contributed by atoms with E-state index in [2.05, 4.69) is 4.90 Å². The maximum absolute atomic E-state index is 11.9. The van der Waals surface area contributed by atoms with Crippen LogP contribution in [0.15, 0.2) is 0 Å². The maximum atomic E-state index is 11.9. The number of likely N-dealkylation sites (N-methyl/N-ethyl adjacent to an activating group) is 1. The van der Waals surface area contributed by atoms with Gasteiger partial charge in [0.1, 0.15) is 0 Å². The highest BCUT2D eigenvalue weighted by Gasteiger charge is 2.28. The van der Waals surface area contributed by atoms with Gasteiger partial charge in [-0.05, 0) is 38.6 Å². The fourth-order valence-electron chi connectivity index (χ4n) is 3.15. The number of amides is 1. The summed E-state index contributed by atoms with van der Waals surface area (Å²) in [6.45, 7) is 6.92. The van der Waals surface area contributed by atoms with Crippen molar-refractivity contribution in [2.24, 2.45) is 5.92 Å². The van der Waals surface area contributed by atoms with E-state index < -0.39 is 0 Å². The van der Waals surface area contributed by atoms with Gasteiger partial charge >= 0.3 is 0 Å². The first-order chi connectivity index (χ1) is 9.18. The van der Waals surface area contributed by atoms with Crippen molar-refractivity contribution in [3.63, 3.8) is 0 Å². The molecule has 2 saturated heterocycles. The summed E-state index contributed by atoms with van der Waals surface area (Å²) in [6.07, 6.45) is 6.32. The molecule has 4 heteroatoms. The fourth-order valence-corrected chi connectivity index (χ4v) is 3.15. The summed E-state index contributed by atoms with van der Waals surface area (Å²) in [5, 5.41) is 0. The molecule has 2 aliphatic heterocycles. The molecule has 1 amide bonds. The van der Waals surface area contributed by atoms with E-state index in [0.717, 1.165) is 38.8 Å². The third-order valence-electron chi connectivity index (χ3n) is 4.65. The van der Waals surface area contributed by atoms with E-state index in [1.807, 2.05) is 18.9 Å². The number of rotatable bonds is 5. The van der Waals surface area contributed by atoms with Gasteiger partial charge in [-0.15, -0.1) is 0 Å². The average molecular weight is 268 g/mol. The molecule has 2 heterocycles. The van der Waals surface area contributed by atoms with Crippen LogP contribution in [0.3, 0.4) is 0 Å². The highest BCUT2D eigenvalue weighted by atomic mass is 16.5. The molecule has 0 N–H and O–H groups in total. The predicted molar refractivity (Wildman–Crippen MR) is 76.1 cm³/mol. The van der Waals surface area contributed by atoms with Crippen molar-refractivity contribution in [2.75, 3.05) is 39.9 Å². The van der Waals surface area contributed by atoms with E-state index in [4.69, 9.17) is 4.74 Å². The summed E-state index contributed by atoms with van der Waals surface area (Å²) < 4.78 is 5.39. The molecule has 0 aliphatic carbocycles. The van der Waals surface area contributed by atoms with Gasteiger partial charge in [0.25, 0.3) is 0 Å². The Kier molecular flexibility index (Phi) is 5.64. The highest BCUT2D eigenvalue weighted by molar-refractivity contribution is 5.81. The second-order valence-electron chi connectivity index (χ2n) is 6.02. The van der Waals surface area contributed by atoms with Gasteiger partial charge in [-0.25, -0.2) is 0 Å². The first-order valence-electron chi connectivity index (χ1n) is 7.75. The highest BCUT2D eigenvalue weighted by Crippen LogP contribution is 2.21. The first-order valence-corrected chi connectivity index (χ1v) is 7.75. The molecule has 0 aromatic heterocycles. The topological polar surface area (TPSA) is 32.8 Å². The predicted octanol–water partition coefficient (Wildman–Crippen LogP) is 1.75. The van der Waals surface area contributed by atoms with Gasteiger partial charge < -0.3 is 9.64 Å². The molecule has 0 bridgehead atoms. The Balaban J connectivity index is 1.61. The molecule has 0 aromatic rings. The van der Waals surface area contributed by atoms with Crippen molar-refractivity contribution < 1.29 is 9.53 Å². The van der Waals surface area contributed by atoms with E-state index in [1.54, 1.807) is 0 Å². The minimum Gasteiger partial charge on any atom is -0.381 e. The molecule has 110 valence electrons. The number of hydrogen-bond acceptors (Lipinski definition) is 3. The smallest absolute Gasteiger partial charge is 0.239 e. The molecule has 19 heavy (non-hydrogen) atoms. The van der Waals surface area contributed by atoms with Crippen LogP contribution in [-0.2, 0) is 9.53 Å². The zero-order valence-corrected chi connectivity index (χ0v) is 12.4. The number of hydrogen-bond donors (Lipinski definition) is 0. The molecule has 0 radical (unpaired) electrons. The lowest BCUT2D eigenvalue weighted by molar-refractivity contribution is -0.139. The van der Waals surface area contributed by atoms with Crippen LogP contribution in [0.5, 0.6) is 0 Å². The van der Waals surface area contributed by atoms with Crippen LogP contribution >= 0.6 is 0 Å². The van der Waals surface area contributed by atoms with Gasteiger partial charge in [0.05, 0.1) is 6.04 Å². The quantitative estimate of drug-likeness (QED) is 0.712. The minimum atomic E-state index is 0.0711. The lowest BCUT2D eigenvalue weighted by atomic mass is 9.94. The Bertz CT molecular complexity index is 290. The van der Waals surface area contributed by atoms with Crippen LogP contribution in [0, 0.1) is 5.92 Å². The summed E-state index contributed by atoms with van der Waals surface area (Å²) in [4.78, 5) is 16.1. The number of piperazine rings is 1. The van der Waals surface area contributed by atoms with Crippen LogP contribution < -0.4 is 0 Å². The van der Waals surface area contributed by atoms with E-state index in [1.165, 1.54) is 32.1 Å². The second-order valence-corrected chi connectivity index (χ2v) is 6.02. The third kappa shape index (κ3) is 4.18. The number of unbranched alkanes of at least 4 members (excludes halogenated alkanes) is 1. The summed E-state index contributed by atoms with van der Waals surface area (Å²) >= 11 is 0. The van der Waals surface area contributed by atoms with Crippen molar-refractivity contribution in [3.8, 4) is 0 Å². The Morgan fingerprint density at radius 1 is 1.21 bits per heavy atom. The first kappa shape index (κ1) is 14.8. The average Bonchev–Trinajstić information content (AvgIpc) is 2.44. The summed E-state index contributed by atoms with van der Waals surface area (Å²) in [7, 11) is 1.90. The third-order valence-corrected chi connectivity index (χ3v) is 4.65. The Morgan fingerprint density at radius 3 is 2.68 bits per heavy atom. The van der Waals surface area contributed by atoms with E-state index >= 15 is 0 Å². The van der Waals surface area contributed by atoms with Gasteiger partial charge in [-0.3, -0.25) is 9.69 Å². The van der Waals surface area contributed by atoms with Crippen LogP contribution in [0.2, 0.25) is 0 Å². The Morgan fingerprint density at radius 2 is 1.95 bits per heavy atom. The molecule has 0 saturated carbocycles. The number of carbonyl (C=O) groups excluding carboxylic acids is 1. The monoisotopic (exact) mass is 268 g/mol. The lowest BCUT2D eigenvalue weighted by Gasteiger charge is -2.37. The van der Waals surface area contributed by atoms with Crippen molar-refractivity contribution in [3.05, 3.63) is 0 Å². The van der Waals surface area contributed by atoms with Gasteiger partial charge in [0.15, 0.2) is 0 Å². The molecule has 4 nitrogen and oxygen atoms in total. The van der Waals surface area contributed by atoms with Crippen LogP contribution in [0.1, 0.15) is 39.0 Å². The lowest BCUT2D eigenvalue weighted by Crippen LogP contribution is -2.54. The molecule has 0 unspecified atom stereocenters. The molecular weight excluding hydrogens is 240 g/mol. The molecule has 0 aromatic carbocycles. The largest absolute Gasteiger partial charge is 0.381 e. The molecule has 2 fully saturated rings. The second kappa shape index (κ2) is 7.25. The zero-order valence-electron chi connectivity index (χ0n) is 12.4. The van der Waals surface area contributed by atoms with Crippen LogP contribution in [-0.4, -0.2) is 61.6 Å². The van der Waals surface area contributed by atoms with E-state index in [-0.39, 0.29) is 11.9 Å². The molecule has 2 aliphatic rings. The standard InChI is InChI=1S/C15H28N2O2/c1-13-15(18)16(2)9-10-17(13)8-4-3-5-14-6-11-19-12-7-14/h13-14H,3-12H2,1-2H3/t13-/m1/s1. The van der Waals surface area contributed by atoms with Gasteiger partial charge in [-0.2, -0.15) is 0 Å². The van der Waals surface area contributed by atoms with Crippen LogP contribution in [0.25, 0.3) is 0 Å². The SMILES string of the molecule is C[C@@H]1C(=O)N(C)CCN1CCCCC1CCOCC1. The summed E-state index contributed by atoms with van der Waals surface area (Å²) in [5.41, 5.74) is 0. The molecular formula is C15H28N2O2. The molecule has 0 spiro atoms. The molecule has 2 rings (SSSR count). The van der Waals surface area contributed by atoms with Crippen molar-refractivity contribution in [2.45, 2.75) is 45.1 Å². The van der Waals surface area contributed by atoms with E-state index in [9.17, 15) is 4.79 Å². The molecule has 1 atom stereocenters. The number of ether oxygens (including phenoxy) is 1. The fraction of sp³-hybridized carbons (Fsp3) is 0.933. The summed E-state index contributed by atoms with van der Waals surface area (Å²) in [6, 6.07) is 0.0711. The maximum Gasteiger partial charge on any atom is 0.239 e. The number of nitrogens with zero attached hydrogens (tertiary/aromatic N) is 2. The van der Waals surface area contributed by atoms with Gasteiger partial charge in [0, 0.05) is 33.4 Å². The summed E-state index contributed by atoms with van der Waals surface area (Å²) in [5.74, 6) is 1.15. The van der Waals surface area contributed by atoms with Gasteiger partial charge in [0.2, 0.25) is 5.91 Å². The van der Waals surface area contributed by atoms with Crippen molar-refractivity contribution >= 4 is 5.91 Å². The minimum absolute atomic E-state index is 0.0711. The van der Waals surface area contributed by atoms with Crippen molar-refractivity contribution in [1.82, 2.24) is 9.80 Å². The Labute approximate surface area is 117 Å². The van der Waals surface area contributed by atoms with E-state index in [0.29, 0.717) is 0 Å². The zero-order chi connectivity index (χ0) is 13.7.